The maximum atomic E-state index is 12.1. The molecule has 2 aromatic heterocycles. The minimum atomic E-state index is -0.155. The number of amides is 1. The van der Waals surface area contributed by atoms with Crippen molar-refractivity contribution >= 4 is 35.0 Å². The molecule has 144 valence electrons. The van der Waals surface area contributed by atoms with E-state index < -0.39 is 0 Å². The van der Waals surface area contributed by atoms with E-state index in [4.69, 9.17) is 5.84 Å². The van der Waals surface area contributed by atoms with Gasteiger partial charge in [-0.25, -0.2) is 10.1 Å². The van der Waals surface area contributed by atoms with Crippen molar-refractivity contribution in [1.82, 2.24) is 19.9 Å². The number of aryl methyl sites for hydroxylation is 1. The van der Waals surface area contributed by atoms with E-state index in [-0.39, 0.29) is 17.6 Å². The van der Waals surface area contributed by atoms with Gasteiger partial charge in [0.25, 0.3) is 5.95 Å². The van der Waals surface area contributed by atoms with Gasteiger partial charge in [-0.1, -0.05) is 29.5 Å². The van der Waals surface area contributed by atoms with Gasteiger partial charge in [0, 0.05) is 23.6 Å². The molecule has 0 spiro atoms. The van der Waals surface area contributed by atoms with Crippen LogP contribution in [0.3, 0.4) is 0 Å². The highest BCUT2D eigenvalue weighted by atomic mass is 32.2. The van der Waals surface area contributed by atoms with Gasteiger partial charge in [0.15, 0.2) is 0 Å². The van der Waals surface area contributed by atoms with Crippen LogP contribution in [0.15, 0.2) is 59.0 Å². The highest BCUT2D eigenvalue weighted by Gasteiger charge is 2.12. The number of nitrogens with zero attached hydrogens (tertiary/aromatic N) is 5. The van der Waals surface area contributed by atoms with E-state index >= 15 is 0 Å². The summed E-state index contributed by atoms with van der Waals surface area (Å²) in [6.07, 6.45) is 3.38. The third kappa shape index (κ3) is 5.07. The molecule has 2 heterocycles. The average molecular weight is 396 g/mol. The SMILES string of the molecule is C/C(=N\Nc1nnc(SCC(=O)Nc2ccc(C)cc2)n1N)c1ccncc1. The fourth-order valence-corrected chi connectivity index (χ4v) is 2.86. The maximum Gasteiger partial charge on any atom is 0.264 e. The molecule has 0 bridgehead atoms. The lowest BCUT2D eigenvalue weighted by Gasteiger charge is -2.06. The maximum absolute atomic E-state index is 12.1. The number of hydrogen-bond acceptors (Lipinski definition) is 8. The highest BCUT2D eigenvalue weighted by Crippen LogP contribution is 2.17. The molecule has 0 aliphatic carbocycles. The lowest BCUT2D eigenvalue weighted by molar-refractivity contribution is -0.113. The van der Waals surface area contributed by atoms with Gasteiger partial charge in [0.1, 0.15) is 0 Å². The second kappa shape index (κ2) is 9.00. The van der Waals surface area contributed by atoms with E-state index in [9.17, 15) is 4.79 Å². The first-order valence-electron chi connectivity index (χ1n) is 8.43. The van der Waals surface area contributed by atoms with Gasteiger partial charge in [-0.3, -0.25) is 9.78 Å². The number of anilines is 2. The quantitative estimate of drug-likeness (QED) is 0.242. The fraction of sp³-hybridized carbons (Fsp3) is 0.167. The summed E-state index contributed by atoms with van der Waals surface area (Å²) >= 11 is 1.18. The molecule has 0 aliphatic heterocycles. The van der Waals surface area contributed by atoms with Crippen LogP contribution >= 0.6 is 11.8 Å². The van der Waals surface area contributed by atoms with Gasteiger partial charge in [0.05, 0.1) is 11.5 Å². The molecule has 28 heavy (non-hydrogen) atoms. The van der Waals surface area contributed by atoms with Crippen molar-refractivity contribution < 1.29 is 4.79 Å². The molecule has 0 saturated carbocycles. The summed E-state index contributed by atoms with van der Waals surface area (Å²) in [5.74, 6) is 6.25. The number of aromatic nitrogens is 4. The molecule has 0 radical (unpaired) electrons. The fourth-order valence-electron chi connectivity index (χ4n) is 2.21. The number of rotatable bonds is 7. The predicted molar refractivity (Wildman–Crippen MR) is 111 cm³/mol. The van der Waals surface area contributed by atoms with Crippen molar-refractivity contribution in [2.24, 2.45) is 5.10 Å². The Morgan fingerprint density at radius 1 is 1.18 bits per heavy atom. The number of nitrogens with one attached hydrogen (secondary N) is 2. The monoisotopic (exact) mass is 396 g/mol. The van der Waals surface area contributed by atoms with Gasteiger partial charge in [-0.15, -0.1) is 10.2 Å². The lowest BCUT2D eigenvalue weighted by atomic mass is 10.2. The van der Waals surface area contributed by atoms with Crippen LogP contribution in [0.5, 0.6) is 0 Å². The van der Waals surface area contributed by atoms with Crippen LogP contribution < -0.4 is 16.6 Å². The van der Waals surface area contributed by atoms with Crippen LogP contribution in [0.2, 0.25) is 0 Å². The Labute approximate surface area is 166 Å². The summed E-state index contributed by atoms with van der Waals surface area (Å²) in [7, 11) is 0. The standard InChI is InChI=1S/C18H20N8OS/c1-12-3-5-15(6-4-12)21-16(27)11-28-18-25-24-17(26(18)19)23-22-13(2)14-7-9-20-10-8-14/h3-10H,11,19H2,1-2H3,(H,21,27)(H,23,24)/b22-13+. The van der Waals surface area contributed by atoms with Crippen LogP contribution in [0.4, 0.5) is 11.6 Å². The molecule has 9 nitrogen and oxygen atoms in total. The predicted octanol–water partition coefficient (Wildman–Crippen LogP) is 2.26. The number of nitrogen functional groups attached to an aromatic ring is 1. The number of pyridine rings is 1. The van der Waals surface area contributed by atoms with Crippen molar-refractivity contribution in [3.63, 3.8) is 0 Å². The Morgan fingerprint density at radius 2 is 1.89 bits per heavy atom. The first-order valence-corrected chi connectivity index (χ1v) is 9.42. The summed E-state index contributed by atoms with van der Waals surface area (Å²) in [4.78, 5) is 16.1. The van der Waals surface area contributed by atoms with E-state index in [1.807, 2.05) is 50.2 Å². The van der Waals surface area contributed by atoms with E-state index in [1.165, 1.54) is 16.4 Å². The van der Waals surface area contributed by atoms with Crippen molar-refractivity contribution in [1.29, 1.82) is 0 Å². The van der Waals surface area contributed by atoms with Gasteiger partial charge in [-0.05, 0) is 38.1 Å². The molecule has 3 aromatic rings. The molecule has 1 amide bonds. The van der Waals surface area contributed by atoms with Gasteiger partial charge in [0.2, 0.25) is 11.1 Å². The first-order chi connectivity index (χ1) is 13.5. The summed E-state index contributed by atoms with van der Waals surface area (Å²) in [6, 6.07) is 11.3. The van der Waals surface area contributed by atoms with E-state index in [0.717, 1.165) is 22.5 Å². The van der Waals surface area contributed by atoms with Gasteiger partial charge >= 0.3 is 0 Å². The largest absolute Gasteiger partial charge is 0.334 e. The number of thioether (sulfide) groups is 1. The Balaban J connectivity index is 1.55. The minimum absolute atomic E-state index is 0.155. The molecule has 1 aromatic carbocycles. The Hall–Kier alpha value is -3.40. The topological polar surface area (TPSA) is 123 Å². The van der Waals surface area contributed by atoms with Crippen molar-refractivity contribution in [3.05, 3.63) is 59.9 Å². The summed E-state index contributed by atoms with van der Waals surface area (Å²) in [5.41, 5.74) is 6.33. The molecule has 10 heteroatoms. The molecular weight excluding hydrogens is 376 g/mol. The first kappa shape index (κ1) is 19.4. The zero-order valence-corrected chi connectivity index (χ0v) is 16.3. The van der Waals surface area contributed by atoms with E-state index in [2.05, 4.69) is 31.0 Å². The van der Waals surface area contributed by atoms with Crippen LogP contribution in [-0.4, -0.2) is 37.2 Å². The molecule has 3 rings (SSSR count). The number of nitrogens with two attached hydrogens (primary N) is 1. The van der Waals surface area contributed by atoms with Crippen LogP contribution in [0, 0.1) is 6.92 Å². The molecular formula is C18H20N8OS. The third-order valence-corrected chi connectivity index (χ3v) is 4.70. The number of hydrogen-bond donors (Lipinski definition) is 3. The summed E-state index contributed by atoms with van der Waals surface area (Å²) in [6.45, 7) is 3.84. The van der Waals surface area contributed by atoms with Crippen molar-refractivity contribution in [2.45, 2.75) is 19.0 Å². The molecule has 0 unspecified atom stereocenters. The molecule has 4 N–H and O–H groups in total. The number of carbonyl (C=O) groups is 1. The minimum Gasteiger partial charge on any atom is -0.334 e. The van der Waals surface area contributed by atoms with Crippen LogP contribution in [-0.2, 0) is 4.79 Å². The third-order valence-electron chi connectivity index (χ3n) is 3.75. The zero-order chi connectivity index (χ0) is 19.9. The highest BCUT2D eigenvalue weighted by molar-refractivity contribution is 7.99. The van der Waals surface area contributed by atoms with Crippen LogP contribution in [0.1, 0.15) is 18.1 Å². The molecule has 0 fully saturated rings. The smallest absolute Gasteiger partial charge is 0.264 e. The molecule has 0 atom stereocenters. The number of carbonyl (C=O) groups excluding carboxylic acids is 1. The van der Waals surface area contributed by atoms with Crippen molar-refractivity contribution in [2.75, 3.05) is 22.3 Å². The Morgan fingerprint density at radius 3 is 2.61 bits per heavy atom. The summed E-state index contributed by atoms with van der Waals surface area (Å²) < 4.78 is 1.26. The second-order valence-electron chi connectivity index (χ2n) is 5.92. The van der Waals surface area contributed by atoms with Crippen LogP contribution in [0.25, 0.3) is 0 Å². The Kier molecular flexibility index (Phi) is 6.22. The van der Waals surface area contributed by atoms with Gasteiger partial charge < -0.3 is 11.2 Å². The number of hydrazone groups is 1. The van der Waals surface area contributed by atoms with E-state index in [0.29, 0.717) is 5.16 Å². The molecule has 0 saturated heterocycles. The van der Waals surface area contributed by atoms with Gasteiger partial charge in [-0.2, -0.15) is 5.10 Å². The summed E-state index contributed by atoms with van der Waals surface area (Å²) in [5, 5.41) is 15.4. The van der Waals surface area contributed by atoms with Crippen molar-refractivity contribution in [3.8, 4) is 0 Å². The van der Waals surface area contributed by atoms with E-state index in [1.54, 1.807) is 12.4 Å². The molecule has 0 aliphatic rings. The Bertz CT molecular complexity index is 969. The zero-order valence-electron chi connectivity index (χ0n) is 15.5. The normalized spacial score (nSPS) is 11.3. The second-order valence-corrected chi connectivity index (χ2v) is 6.87. The average Bonchev–Trinajstić information content (AvgIpc) is 3.06. The lowest BCUT2D eigenvalue weighted by Crippen LogP contribution is -2.17. The number of benzene rings is 1.